The van der Waals surface area contributed by atoms with Crippen LogP contribution in [-0.2, 0) is 6.54 Å². The van der Waals surface area contributed by atoms with Crippen LogP contribution >= 0.6 is 0 Å². The molecule has 0 bridgehead atoms. The van der Waals surface area contributed by atoms with Gasteiger partial charge in [0.15, 0.2) is 0 Å². The molecule has 3 rings (SSSR count). The molecule has 1 N–H and O–H groups in total. The molecule has 1 amide bonds. The maximum absolute atomic E-state index is 12.5. The van der Waals surface area contributed by atoms with Gasteiger partial charge in [0.05, 0.1) is 11.1 Å². The molecule has 1 aromatic carbocycles. The zero-order valence-electron chi connectivity index (χ0n) is 12.4. The molecule has 6 nitrogen and oxygen atoms in total. The number of amides is 1. The van der Waals surface area contributed by atoms with E-state index >= 15 is 0 Å². The van der Waals surface area contributed by atoms with Crippen molar-refractivity contribution in [3.8, 4) is 0 Å². The molecule has 2 heterocycles. The lowest BCUT2D eigenvalue weighted by Crippen LogP contribution is -2.45. The third-order valence-electron chi connectivity index (χ3n) is 4.19. The van der Waals surface area contributed by atoms with Crippen LogP contribution in [0.2, 0.25) is 0 Å². The van der Waals surface area contributed by atoms with E-state index in [-0.39, 0.29) is 5.91 Å². The van der Waals surface area contributed by atoms with Crippen molar-refractivity contribution < 1.29 is 9.90 Å². The van der Waals surface area contributed by atoms with Crippen molar-refractivity contribution in [1.29, 1.82) is 0 Å². The highest BCUT2D eigenvalue weighted by atomic mass is 16.3. The van der Waals surface area contributed by atoms with Crippen molar-refractivity contribution >= 4 is 16.9 Å². The Balaban J connectivity index is 1.82. The first-order chi connectivity index (χ1) is 10.00. The molecule has 0 unspecified atom stereocenters. The fourth-order valence-electron chi connectivity index (χ4n) is 2.71. The standard InChI is InChI=1S/C15H20N4O2/c1-3-19-13-5-4-11(10-12(13)16-17-19)14(20)18-8-6-15(2,21)7-9-18/h4-5,10,21H,3,6-9H2,1-2H3. The van der Waals surface area contributed by atoms with Crippen LogP contribution in [0.4, 0.5) is 0 Å². The van der Waals surface area contributed by atoms with Crippen LogP contribution in [0.1, 0.15) is 37.0 Å². The Bertz CT molecular complexity index is 667. The molecule has 21 heavy (non-hydrogen) atoms. The van der Waals surface area contributed by atoms with Gasteiger partial charge in [-0.05, 0) is 44.9 Å². The number of benzene rings is 1. The van der Waals surface area contributed by atoms with E-state index in [0.29, 0.717) is 31.5 Å². The highest BCUT2D eigenvalue weighted by molar-refractivity contribution is 5.97. The summed E-state index contributed by atoms with van der Waals surface area (Å²) >= 11 is 0. The van der Waals surface area contributed by atoms with E-state index < -0.39 is 5.60 Å². The average molecular weight is 288 g/mol. The average Bonchev–Trinajstić information content (AvgIpc) is 2.88. The molecule has 1 aromatic heterocycles. The van der Waals surface area contributed by atoms with Crippen molar-refractivity contribution in [2.75, 3.05) is 13.1 Å². The molecule has 0 saturated carbocycles. The van der Waals surface area contributed by atoms with Gasteiger partial charge in [0.25, 0.3) is 5.91 Å². The van der Waals surface area contributed by atoms with Crippen LogP contribution < -0.4 is 0 Å². The van der Waals surface area contributed by atoms with Crippen LogP contribution in [0, 0.1) is 0 Å². The molecule has 6 heteroatoms. The first kappa shape index (κ1) is 14.0. The smallest absolute Gasteiger partial charge is 0.253 e. The van der Waals surface area contributed by atoms with E-state index in [1.807, 2.05) is 30.7 Å². The highest BCUT2D eigenvalue weighted by Gasteiger charge is 2.30. The van der Waals surface area contributed by atoms with E-state index in [2.05, 4.69) is 10.3 Å². The molecule has 1 aliphatic rings. The fraction of sp³-hybridized carbons (Fsp3) is 0.533. The zero-order valence-corrected chi connectivity index (χ0v) is 12.4. The highest BCUT2D eigenvalue weighted by Crippen LogP contribution is 2.23. The summed E-state index contributed by atoms with van der Waals surface area (Å²) in [5.74, 6) is -0.00144. The van der Waals surface area contributed by atoms with E-state index in [1.54, 1.807) is 11.0 Å². The Morgan fingerprint density at radius 2 is 2.10 bits per heavy atom. The summed E-state index contributed by atoms with van der Waals surface area (Å²) in [6, 6.07) is 5.52. The number of hydrogen-bond donors (Lipinski definition) is 1. The molecule has 112 valence electrons. The number of carbonyl (C=O) groups excluding carboxylic acids is 1. The molecule has 1 fully saturated rings. The van der Waals surface area contributed by atoms with Gasteiger partial charge in [0.1, 0.15) is 5.52 Å². The Kier molecular flexibility index (Phi) is 3.41. The minimum absolute atomic E-state index is 0.00144. The number of aryl methyl sites for hydroxylation is 1. The Hall–Kier alpha value is -1.95. The largest absolute Gasteiger partial charge is 0.390 e. The van der Waals surface area contributed by atoms with Gasteiger partial charge in [-0.15, -0.1) is 5.10 Å². The predicted octanol–water partition coefficient (Wildman–Crippen LogP) is 1.44. The summed E-state index contributed by atoms with van der Waals surface area (Å²) in [6.45, 7) is 5.76. The number of rotatable bonds is 2. The quantitative estimate of drug-likeness (QED) is 0.907. The van der Waals surface area contributed by atoms with Gasteiger partial charge in [-0.3, -0.25) is 4.79 Å². The molecule has 0 aliphatic carbocycles. The molecular formula is C15H20N4O2. The van der Waals surface area contributed by atoms with Gasteiger partial charge in [-0.1, -0.05) is 5.21 Å². The molecule has 2 aromatic rings. The van der Waals surface area contributed by atoms with Gasteiger partial charge < -0.3 is 10.0 Å². The lowest BCUT2D eigenvalue weighted by atomic mass is 9.93. The van der Waals surface area contributed by atoms with Crippen molar-refractivity contribution in [3.63, 3.8) is 0 Å². The van der Waals surface area contributed by atoms with E-state index in [4.69, 9.17) is 0 Å². The minimum atomic E-state index is -0.648. The first-order valence-electron chi connectivity index (χ1n) is 7.35. The number of carbonyl (C=O) groups is 1. The van der Waals surface area contributed by atoms with Gasteiger partial charge in [-0.2, -0.15) is 0 Å². The predicted molar refractivity (Wildman–Crippen MR) is 79.0 cm³/mol. The number of nitrogens with zero attached hydrogens (tertiary/aromatic N) is 4. The van der Waals surface area contributed by atoms with Crippen LogP contribution in [-0.4, -0.2) is 49.6 Å². The third-order valence-corrected chi connectivity index (χ3v) is 4.19. The van der Waals surface area contributed by atoms with Crippen molar-refractivity contribution in [1.82, 2.24) is 19.9 Å². The second kappa shape index (κ2) is 5.11. The number of piperidine rings is 1. The summed E-state index contributed by atoms with van der Waals surface area (Å²) in [5.41, 5.74) is 1.67. The Morgan fingerprint density at radius 3 is 2.76 bits per heavy atom. The normalized spacial score (nSPS) is 18.1. The Morgan fingerprint density at radius 1 is 1.38 bits per heavy atom. The second-order valence-electron chi connectivity index (χ2n) is 5.90. The zero-order chi connectivity index (χ0) is 15.0. The Labute approximate surface area is 123 Å². The topological polar surface area (TPSA) is 71.2 Å². The third kappa shape index (κ3) is 2.63. The number of aromatic nitrogens is 3. The van der Waals surface area contributed by atoms with Crippen LogP contribution in [0.5, 0.6) is 0 Å². The maximum atomic E-state index is 12.5. The molecular weight excluding hydrogens is 268 g/mol. The van der Waals surface area contributed by atoms with Gasteiger partial charge >= 0.3 is 0 Å². The lowest BCUT2D eigenvalue weighted by Gasteiger charge is -2.35. The second-order valence-corrected chi connectivity index (χ2v) is 5.90. The first-order valence-corrected chi connectivity index (χ1v) is 7.35. The van der Waals surface area contributed by atoms with Gasteiger partial charge in [-0.25, -0.2) is 4.68 Å². The van der Waals surface area contributed by atoms with Crippen molar-refractivity contribution in [2.45, 2.75) is 38.8 Å². The lowest BCUT2D eigenvalue weighted by molar-refractivity contribution is -0.00202. The number of aliphatic hydroxyl groups is 1. The summed E-state index contributed by atoms with van der Waals surface area (Å²) in [4.78, 5) is 14.3. The van der Waals surface area contributed by atoms with Crippen LogP contribution in [0.3, 0.4) is 0 Å². The van der Waals surface area contributed by atoms with Gasteiger partial charge in [0.2, 0.25) is 0 Å². The molecule has 1 aliphatic heterocycles. The summed E-state index contributed by atoms with van der Waals surface area (Å²) in [6.07, 6.45) is 1.24. The SMILES string of the molecule is CCn1nnc2cc(C(=O)N3CCC(C)(O)CC3)ccc21. The van der Waals surface area contributed by atoms with E-state index in [9.17, 15) is 9.90 Å². The monoisotopic (exact) mass is 288 g/mol. The van der Waals surface area contributed by atoms with Crippen LogP contribution in [0.25, 0.3) is 11.0 Å². The fourth-order valence-corrected chi connectivity index (χ4v) is 2.71. The van der Waals surface area contributed by atoms with E-state index in [1.165, 1.54) is 0 Å². The van der Waals surface area contributed by atoms with Crippen LogP contribution in [0.15, 0.2) is 18.2 Å². The molecule has 0 spiro atoms. The summed E-state index contributed by atoms with van der Waals surface area (Å²) in [5, 5.41) is 18.1. The molecule has 1 saturated heterocycles. The van der Waals surface area contributed by atoms with Crippen molar-refractivity contribution in [3.05, 3.63) is 23.8 Å². The van der Waals surface area contributed by atoms with E-state index in [0.717, 1.165) is 17.6 Å². The molecule has 0 atom stereocenters. The number of likely N-dealkylation sites (tertiary alicyclic amines) is 1. The summed E-state index contributed by atoms with van der Waals surface area (Å²) < 4.78 is 1.81. The summed E-state index contributed by atoms with van der Waals surface area (Å²) in [7, 11) is 0. The van der Waals surface area contributed by atoms with Crippen molar-refractivity contribution in [2.24, 2.45) is 0 Å². The number of fused-ring (bicyclic) bond motifs is 1. The molecule has 0 radical (unpaired) electrons. The number of hydrogen-bond acceptors (Lipinski definition) is 4. The maximum Gasteiger partial charge on any atom is 0.253 e. The van der Waals surface area contributed by atoms with Gasteiger partial charge in [0, 0.05) is 25.2 Å². The minimum Gasteiger partial charge on any atom is -0.390 e.